The number of rotatable bonds is 8. The van der Waals surface area contributed by atoms with Crippen LogP contribution in [0.3, 0.4) is 0 Å². The van der Waals surface area contributed by atoms with Crippen molar-refractivity contribution in [3.05, 3.63) is 89.2 Å². The average Bonchev–Trinajstić information content (AvgIpc) is 3.23. The standard InChI is InChI=1S/C25H23F4N5O2/c1-16(2)36-20-8-4-17(5-9-20)18-6-11-23(30-13-18)25(28,29)24(35,14-34-15-31-32-33(34)3)21-10-7-19(26)12-22(21)27/h4-13,15-16,35H,3,14H2,1-2H3. The van der Waals surface area contributed by atoms with Gasteiger partial charge in [-0.05, 0) is 48.8 Å². The summed E-state index contributed by atoms with van der Waals surface area (Å²) in [6.45, 7) is 6.38. The van der Waals surface area contributed by atoms with Crippen molar-refractivity contribution in [1.82, 2.24) is 9.99 Å². The third-order valence-corrected chi connectivity index (χ3v) is 5.57. The van der Waals surface area contributed by atoms with Crippen LogP contribution in [0.1, 0.15) is 25.1 Å². The van der Waals surface area contributed by atoms with Gasteiger partial charge >= 0.3 is 5.92 Å². The van der Waals surface area contributed by atoms with E-state index in [0.717, 1.165) is 34.3 Å². The molecule has 1 aliphatic rings. The number of benzene rings is 2. The second-order valence-electron chi connectivity index (χ2n) is 8.47. The summed E-state index contributed by atoms with van der Waals surface area (Å²) in [5.74, 6) is -5.80. The quantitative estimate of drug-likeness (QED) is 0.350. The first-order valence-electron chi connectivity index (χ1n) is 10.9. The third kappa shape index (κ3) is 4.74. The molecule has 1 aromatic heterocycles. The van der Waals surface area contributed by atoms with Gasteiger partial charge in [0, 0.05) is 29.9 Å². The number of hydrogen-bond donors (Lipinski definition) is 1. The fraction of sp³-hybridized carbons (Fsp3) is 0.240. The summed E-state index contributed by atoms with van der Waals surface area (Å²) in [7, 11) is 0. The highest BCUT2D eigenvalue weighted by atomic mass is 19.3. The molecule has 0 bridgehead atoms. The minimum Gasteiger partial charge on any atom is -0.491 e. The van der Waals surface area contributed by atoms with Crippen LogP contribution >= 0.6 is 0 Å². The molecule has 0 fully saturated rings. The number of aliphatic hydroxyl groups is 1. The fourth-order valence-electron chi connectivity index (χ4n) is 3.75. The molecule has 1 aliphatic heterocycles. The number of nitrogens with zero attached hydrogens (tertiary/aromatic N) is 5. The number of pyridine rings is 1. The fourth-order valence-corrected chi connectivity index (χ4v) is 3.75. The zero-order valence-electron chi connectivity index (χ0n) is 19.4. The lowest BCUT2D eigenvalue weighted by Gasteiger charge is -2.39. The molecule has 0 saturated heterocycles. The van der Waals surface area contributed by atoms with Crippen LogP contribution in [0.4, 0.5) is 17.6 Å². The monoisotopic (exact) mass is 501 g/mol. The van der Waals surface area contributed by atoms with E-state index in [4.69, 9.17) is 4.74 Å². The number of ether oxygens (including phenoxy) is 1. The Labute approximate surface area is 204 Å². The number of halogens is 4. The predicted octanol–water partition coefficient (Wildman–Crippen LogP) is 4.97. The van der Waals surface area contributed by atoms with E-state index >= 15 is 8.78 Å². The van der Waals surface area contributed by atoms with Crippen molar-refractivity contribution < 1.29 is 32.2 Å². The lowest BCUT2D eigenvalue weighted by Crippen LogP contribution is -2.52. The van der Waals surface area contributed by atoms with Gasteiger partial charge in [0.2, 0.25) is 0 Å². The molecule has 4 rings (SSSR count). The Morgan fingerprint density at radius 3 is 2.33 bits per heavy atom. The summed E-state index contributed by atoms with van der Waals surface area (Å²) < 4.78 is 65.7. The Morgan fingerprint density at radius 2 is 1.78 bits per heavy atom. The second-order valence-corrected chi connectivity index (χ2v) is 8.47. The van der Waals surface area contributed by atoms with E-state index in [0.29, 0.717) is 22.9 Å². The first-order chi connectivity index (χ1) is 17.0. The maximum atomic E-state index is 15.9. The largest absolute Gasteiger partial charge is 0.491 e. The van der Waals surface area contributed by atoms with Crippen LogP contribution < -0.4 is 4.74 Å². The van der Waals surface area contributed by atoms with Gasteiger partial charge in [0.05, 0.1) is 12.8 Å². The van der Waals surface area contributed by atoms with Crippen molar-refractivity contribution >= 4 is 13.1 Å². The molecule has 3 aromatic rings. The molecule has 36 heavy (non-hydrogen) atoms. The van der Waals surface area contributed by atoms with Gasteiger partial charge in [-0.1, -0.05) is 29.8 Å². The van der Waals surface area contributed by atoms with Gasteiger partial charge in [0.25, 0.3) is 0 Å². The maximum Gasteiger partial charge on any atom is 0.321 e. The molecule has 0 aliphatic carbocycles. The minimum atomic E-state index is -4.13. The lowest BCUT2D eigenvalue weighted by molar-refractivity contribution is -0.615. The molecule has 1 N–H and O–H groups in total. The number of β-amino-alcohol motifs (C(OH)–C–C–N with tert-alkyl or cyclic N) is 1. The lowest BCUT2D eigenvalue weighted by atomic mass is 9.84. The van der Waals surface area contributed by atoms with Crippen LogP contribution in [0.25, 0.3) is 16.7 Å². The van der Waals surface area contributed by atoms with Crippen molar-refractivity contribution in [2.75, 3.05) is 6.54 Å². The van der Waals surface area contributed by atoms with E-state index in [1.165, 1.54) is 12.3 Å². The van der Waals surface area contributed by atoms with Gasteiger partial charge in [0.15, 0.2) is 11.9 Å². The highest BCUT2D eigenvalue weighted by molar-refractivity contribution is 5.63. The van der Waals surface area contributed by atoms with Crippen LogP contribution in [0.15, 0.2) is 65.9 Å². The van der Waals surface area contributed by atoms with Crippen molar-refractivity contribution in [3.63, 3.8) is 0 Å². The number of aromatic nitrogens is 1. The van der Waals surface area contributed by atoms with Crippen LogP contribution in [0.2, 0.25) is 0 Å². The summed E-state index contributed by atoms with van der Waals surface area (Å²) in [6.07, 6.45) is 2.27. The number of hydrogen-bond acceptors (Lipinski definition) is 5. The highest BCUT2D eigenvalue weighted by Gasteiger charge is 2.57. The van der Waals surface area contributed by atoms with Crippen molar-refractivity contribution in [2.24, 2.45) is 5.10 Å². The number of hydrazine groups is 1. The van der Waals surface area contributed by atoms with Gasteiger partial charge in [-0.15, -0.1) is 0 Å². The Hall–Kier alpha value is -3.99. The summed E-state index contributed by atoms with van der Waals surface area (Å²) in [6, 6.07) is 11.5. The Balaban J connectivity index is 1.70. The molecular weight excluding hydrogens is 478 g/mol. The van der Waals surface area contributed by atoms with Crippen molar-refractivity contribution in [3.8, 4) is 16.9 Å². The maximum absolute atomic E-state index is 15.9. The van der Waals surface area contributed by atoms with Gasteiger partial charge in [-0.25, -0.2) is 8.78 Å². The summed E-state index contributed by atoms with van der Waals surface area (Å²) in [5, 5.41) is 15.8. The third-order valence-electron chi connectivity index (χ3n) is 5.57. The first kappa shape index (κ1) is 25.1. The Kier molecular flexibility index (Phi) is 6.68. The normalized spacial score (nSPS) is 15.2. The molecular formula is C25H23F4N5O2. The van der Waals surface area contributed by atoms with Crippen LogP contribution in [-0.2, 0) is 11.5 Å². The molecule has 188 valence electrons. The summed E-state index contributed by atoms with van der Waals surface area (Å²) in [5.41, 5.74) is -0.0608. The molecule has 7 nitrogen and oxygen atoms in total. The minimum absolute atomic E-state index is 0.000189. The molecule has 0 radical (unpaired) electrons. The first-order valence-corrected chi connectivity index (χ1v) is 10.9. The van der Waals surface area contributed by atoms with Crippen LogP contribution in [0, 0.1) is 11.6 Å². The smallest absolute Gasteiger partial charge is 0.321 e. The average molecular weight is 501 g/mol. The topological polar surface area (TPSA) is 75.1 Å². The molecule has 1 atom stereocenters. The molecule has 0 saturated carbocycles. The molecule has 2 heterocycles. The summed E-state index contributed by atoms with van der Waals surface area (Å²) in [4.78, 5) is 4.74. The van der Waals surface area contributed by atoms with E-state index in [2.05, 4.69) is 22.3 Å². The van der Waals surface area contributed by atoms with Crippen LogP contribution in [0.5, 0.6) is 5.75 Å². The number of alkyl halides is 2. The molecule has 2 aromatic carbocycles. The zero-order chi connectivity index (χ0) is 26.1. The SMILES string of the molecule is C=[N+]1[N-]N=CN1CC(O)(c1ccc(F)cc1F)C(F)(F)c1ccc(-c2ccc(OC(C)C)cc2)cn1. The van der Waals surface area contributed by atoms with Gasteiger partial charge < -0.3 is 9.84 Å². The Bertz CT molecular complexity index is 1280. The van der Waals surface area contributed by atoms with E-state index in [1.54, 1.807) is 24.3 Å². The van der Waals surface area contributed by atoms with Gasteiger partial charge in [-0.3, -0.25) is 9.99 Å². The van der Waals surface area contributed by atoms with Crippen molar-refractivity contribution in [1.29, 1.82) is 0 Å². The molecule has 0 amide bonds. The van der Waals surface area contributed by atoms with Crippen LogP contribution in [-0.4, -0.2) is 45.6 Å². The molecule has 0 spiro atoms. The second kappa shape index (κ2) is 9.57. The van der Waals surface area contributed by atoms with Crippen molar-refractivity contribution in [2.45, 2.75) is 31.5 Å². The number of hydrazone groups is 1. The molecule has 1 unspecified atom stereocenters. The Morgan fingerprint density at radius 1 is 1.08 bits per heavy atom. The van der Waals surface area contributed by atoms with E-state index < -0.39 is 41.0 Å². The summed E-state index contributed by atoms with van der Waals surface area (Å²) >= 11 is 0. The van der Waals surface area contributed by atoms with Gasteiger partial charge in [0.1, 0.15) is 23.1 Å². The predicted molar refractivity (Wildman–Crippen MR) is 126 cm³/mol. The molecule has 11 heteroatoms. The van der Waals surface area contributed by atoms with E-state index in [-0.39, 0.29) is 6.10 Å². The highest BCUT2D eigenvalue weighted by Crippen LogP contribution is 2.46. The van der Waals surface area contributed by atoms with E-state index in [9.17, 15) is 13.9 Å². The zero-order valence-corrected chi connectivity index (χ0v) is 19.4. The van der Waals surface area contributed by atoms with Gasteiger partial charge in [-0.2, -0.15) is 13.6 Å². The van der Waals surface area contributed by atoms with E-state index in [1.807, 2.05) is 13.8 Å².